The quantitative estimate of drug-likeness (QED) is 0.812. The van der Waals surface area contributed by atoms with E-state index in [9.17, 15) is 0 Å². The zero-order valence-electron chi connectivity index (χ0n) is 12.7. The molecule has 3 fully saturated rings. The second-order valence-electron chi connectivity index (χ2n) is 7.21. The van der Waals surface area contributed by atoms with Crippen LogP contribution in [0.4, 0.5) is 0 Å². The molecule has 3 rings (SSSR count). The summed E-state index contributed by atoms with van der Waals surface area (Å²) in [6, 6.07) is 2.47. The van der Waals surface area contributed by atoms with Crippen LogP contribution in [0.2, 0.25) is 0 Å². The fourth-order valence-corrected chi connectivity index (χ4v) is 4.87. The van der Waals surface area contributed by atoms with Gasteiger partial charge < -0.3 is 10.6 Å². The molecule has 0 aromatic heterocycles. The van der Waals surface area contributed by atoms with E-state index in [1.807, 2.05) is 0 Å². The third kappa shape index (κ3) is 3.33. The summed E-state index contributed by atoms with van der Waals surface area (Å²) < 4.78 is 0. The Balaban J connectivity index is 1.53. The molecule has 0 bridgehead atoms. The van der Waals surface area contributed by atoms with E-state index in [4.69, 9.17) is 0 Å². The highest BCUT2D eigenvalue weighted by Crippen LogP contribution is 2.34. The van der Waals surface area contributed by atoms with Gasteiger partial charge in [0, 0.05) is 18.1 Å². The molecule has 0 aromatic carbocycles. The van der Waals surface area contributed by atoms with Crippen LogP contribution in [0.3, 0.4) is 0 Å². The van der Waals surface area contributed by atoms with Gasteiger partial charge in [0.25, 0.3) is 0 Å². The lowest BCUT2D eigenvalue weighted by molar-refractivity contribution is 0.230. The lowest BCUT2D eigenvalue weighted by Gasteiger charge is -2.34. The number of nitrogens with one attached hydrogen (secondary N) is 2. The van der Waals surface area contributed by atoms with Gasteiger partial charge in [-0.05, 0) is 56.9 Å². The first-order chi connectivity index (χ1) is 9.36. The fourth-order valence-electron chi connectivity index (χ4n) is 4.87. The van der Waals surface area contributed by atoms with Gasteiger partial charge in [-0.1, -0.05) is 32.6 Å². The van der Waals surface area contributed by atoms with Crippen LogP contribution in [-0.4, -0.2) is 24.7 Å². The normalized spacial score (nSPS) is 43.7. The van der Waals surface area contributed by atoms with Crippen LogP contribution < -0.4 is 10.6 Å². The Hall–Kier alpha value is -0.0800. The summed E-state index contributed by atoms with van der Waals surface area (Å²) in [7, 11) is 0. The van der Waals surface area contributed by atoms with Crippen molar-refractivity contribution in [3.05, 3.63) is 0 Å². The molecule has 0 radical (unpaired) electrons. The molecule has 2 aliphatic carbocycles. The predicted molar refractivity (Wildman–Crippen MR) is 81.3 cm³/mol. The topological polar surface area (TPSA) is 24.1 Å². The Morgan fingerprint density at radius 3 is 2.68 bits per heavy atom. The van der Waals surface area contributed by atoms with Gasteiger partial charge in [0.05, 0.1) is 0 Å². The van der Waals surface area contributed by atoms with E-state index in [2.05, 4.69) is 17.6 Å². The summed E-state index contributed by atoms with van der Waals surface area (Å²) in [5.74, 6) is 1.92. The van der Waals surface area contributed by atoms with Crippen molar-refractivity contribution in [2.75, 3.05) is 6.54 Å². The van der Waals surface area contributed by atoms with Crippen LogP contribution in [0.15, 0.2) is 0 Å². The highest BCUT2D eigenvalue weighted by molar-refractivity contribution is 4.95. The lowest BCUT2D eigenvalue weighted by Crippen LogP contribution is -2.47. The minimum absolute atomic E-state index is 0.816. The molecule has 1 heterocycles. The summed E-state index contributed by atoms with van der Waals surface area (Å²) in [5, 5.41) is 7.81. The van der Waals surface area contributed by atoms with Gasteiger partial charge in [0.15, 0.2) is 0 Å². The van der Waals surface area contributed by atoms with Crippen molar-refractivity contribution in [3.63, 3.8) is 0 Å². The molecule has 3 aliphatic rings. The molecule has 2 N–H and O–H groups in total. The zero-order valence-corrected chi connectivity index (χ0v) is 12.7. The number of hydrogen-bond acceptors (Lipinski definition) is 2. The SMILES string of the molecule is CCC1CCCC(NC2CCCC2C2CCCN2)C1. The van der Waals surface area contributed by atoms with Crippen molar-refractivity contribution in [1.82, 2.24) is 10.6 Å². The van der Waals surface area contributed by atoms with Crippen molar-refractivity contribution in [2.24, 2.45) is 11.8 Å². The maximum atomic E-state index is 4.07. The second kappa shape index (κ2) is 6.58. The van der Waals surface area contributed by atoms with Crippen molar-refractivity contribution in [3.8, 4) is 0 Å². The molecule has 0 spiro atoms. The Morgan fingerprint density at radius 2 is 1.89 bits per heavy atom. The molecule has 0 amide bonds. The van der Waals surface area contributed by atoms with Crippen LogP contribution in [0.1, 0.15) is 71.1 Å². The van der Waals surface area contributed by atoms with E-state index < -0.39 is 0 Å². The summed E-state index contributed by atoms with van der Waals surface area (Å²) in [5.41, 5.74) is 0. The molecular formula is C17H32N2. The molecule has 2 saturated carbocycles. The molecular weight excluding hydrogens is 232 g/mol. The summed E-state index contributed by atoms with van der Waals surface area (Å²) >= 11 is 0. The molecule has 5 unspecified atom stereocenters. The molecule has 1 aliphatic heterocycles. The first-order valence-electron chi connectivity index (χ1n) is 8.86. The van der Waals surface area contributed by atoms with Gasteiger partial charge >= 0.3 is 0 Å². The van der Waals surface area contributed by atoms with Gasteiger partial charge in [-0.25, -0.2) is 0 Å². The maximum absolute atomic E-state index is 4.07. The largest absolute Gasteiger partial charge is 0.314 e. The maximum Gasteiger partial charge on any atom is 0.0113 e. The van der Waals surface area contributed by atoms with Crippen LogP contribution in [0.25, 0.3) is 0 Å². The Morgan fingerprint density at radius 1 is 1.00 bits per heavy atom. The van der Waals surface area contributed by atoms with Crippen LogP contribution >= 0.6 is 0 Å². The fraction of sp³-hybridized carbons (Fsp3) is 1.00. The van der Waals surface area contributed by atoms with Crippen LogP contribution in [0.5, 0.6) is 0 Å². The molecule has 0 aromatic rings. The van der Waals surface area contributed by atoms with Gasteiger partial charge in [-0.15, -0.1) is 0 Å². The van der Waals surface area contributed by atoms with Crippen LogP contribution in [0, 0.1) is 11.8 Å². The van der Waals surface area contributed by atoms with E-state index in [0.717, 1.165) is 30.0 Å². The van der Waals surface area contributed by atoms with Crippen molar-refractivity contribution < 1.29 is 0 Å². The number of rotatable bonds is 4. The first-order valence-corrected chi connectivity index (χ1v) is 8.86. The monoisotopic (exact) mass is 264 g/mol. The van der Waals surface area contributed by atoms with E-state index in [0.29, 0.717) is 0 Å². The summed E-state index contributed by atoms with van der Waals surface area (Å²) in [6.45, 7) is 3.63. The van der Waals surface area contributed by atoms with Crippen molar-refractivity contribution in [2.45, 2.75) is 89.3 Å². The number of hydrogen-bond donors (Lipinski definition) is 2. The third-order valence-corrected chi connectivity index (χ3v) is 5.99. The molecule has 1 saturated heterocycles. The smallest absolute Gasteiger partial charge is 0.0113 e. The van der Waals surface area contributed by atoms with E-state index in [1.54, 1.807) is 0 Å². The lowest BCUT2D eigenvalue weighted by atomic mass is 9.83. The minimum Gasteiger partial charge on any atom is -0.314 e. The Kier molecular flexibility index (Phi) is 4.81. The molecule has 2 heteroatoms. The molecule has 5 atom stereocenters. The summed E-state index contributed by atoms with van der Waals surface area (Å²) in [4.78, 5) is 0. The highest BCUT2D eigenvalue weighted by Gasteiger charge is 2.36. The standard InChI is InChI=1S/C17H32N2/c1-2-13-6-3-7-14(12-13)19-17-9-4-8-15(17)16-10-5-11-18-16/h13-19H,2-12H2,1H3. The van der Waals surface area contributed by atoms with E-state index >= 15 is 0 Å². The highest BCUT2D eigenvalue weighted by atomic mass is 15.0. The molecule has 2 nitrogen and oxygen atoms in total. The average molecular weight is 264 g/mol. The Labute approximate surface area is 119 Å². The van der Waals surface area contributed by atoms with E-state index in [1.165, 1.54) is 70.8 Å². The van der Waals surface area contributed by atoms with Crippen LogP contribution in [-0.2, 0) is 0 Å². The third-order valence-electron chi connectivity index (χ3n) is 5.99. The van der Waals surface area contributed by atoms with Crippen molar-refractivity contribution >= 4 is 0 Å². The van der Waals surface area contributed by atoms with Gasteiger partial charge in [-0.3, -0.25) is 0 Å². The first kappa shape index (κ1) is 13.9. The summed E-state index contributed by atoms with van der Waals surface area (Å²) in [6.07, 6.45) is 14.3. The van der Waals surface area contributed by atoms with Crippen molar-refractivity contribution in [1.29, 1.82) is 0 Å². The van der Waals surface area contributed by atoms with E-state index in [-0.39, 0.29) is 0 Å². The van der Waals surface area contributed by atoms with Gasteiger partial charge in [-0.2, -0.15) is 0 Å². The molecule has 19 heavy (non-hydrogen) atoms. The van der Waals surface area contributed by atoms with Gasteiger partial charge in [0.2, 0.25) is 0 Å². The minimum atomic E-state index is 0.816. The predicted octanol–water partition coefficient (Wildman–Crippen LogP) is 3.47. The average Bonchev–Trinajstić information content (AvgIpc) is 3.09. The molecule has 110 valence electrons. The second-order valence-corrected chi connectivity index (χ2v) is 7.21. The Bertz CT molecular complexity index is 272. The zero-order chi connectivity index (χ0) is 13.1. The van der Waals surface area contributed by atoms with Gasteiger partial charge in [0.1, 0.15) is 0 Å².